The highest BCUT2D eigenvalue weighted by Gasteiger charge is 2.08. The number of rotatable bonds is 3. The van der Waals surface area contributed by atoms with Gasteiger partial charge in [-0.25, -0.2) is 4.39 Å². The van der Waals surface area contributed by atoms with Crippen LogP contribution in [0.3, 0.4) is 0 Å². The first-order valence-corrected chi connectivity index (χ1v) is 5.93. The van der Waals surface area contributed by atoms with Gasteiger partial charge in [-0.15, -0.1) is 0 Å². The maximum Gasteiger partial charge on any atom is 0.307 e. The van der Waals surface area contributed by atoms with Crippen molar-refractivity contribution >= 4 is 28.6 Å². The van der Waals surface area contributed by atoms with E-state index < -0.39 is 11.7 Å². The number of nitrogens with zero attached hydrogens (tertiary/aromatic N) is 1. The lowest BCUT2D eigenvalue weighted by Crippen LogP contribution is -2.24. The predicted octanol–water partition coefficient (Wildman–Crippen LogP) is 1.27. The number of hydrogen-bond acceptors (Lipinski definition) is 4. The Labute approximate surface area is 106 Å². The zero-order chi connectivity index (χ0) is 13.1. The molecule has 0 aliphatic carbocycles. The predicted molar refractivity (Wildman–Crippen MR) is 68.0 cm³/mol. The number of anilines is 2. The molecule has 1 aromatic heterocycles. The summed E-state index contributed by atoms with van der Waals surface area (Å²) in [4.78, 5) is 22.7. The van der Waals surface area contributed by atoms with Crippen molar-refractivity contribution in [3.05, 3.63) is 45.3 Å². The van der Waals surface area contributed by atoms with Crippen LogP contribution in [0.2, 0.25) is 0 Å². The maximum atomic E-state index is 13.0. The van der Waals surface area contributed by atoms with Crippen LogP contribution < -0.4 is 15.9 Å². The Balaban J connectivity index is 2.10. The Kier molecular flexibility index (Phi) is 3.42. The standard InChI is InChI=1S/C11H10FN3O2S/c12-7-1-2-8(13)9(5-7)14-10(16)6-15-3-4-18-11(15)17/h1-5H,6,13H2,(H,14,16). The van der Waals surface area contributed by atoms with Crippen LogP contribution in [0.25, 0.3) is 0 Å². The van der Waals surface area contributed by atoms with Crippen molar-refractivity contribution < 1.29 is 9.18 Å². The molecule has 0 radical (unpaired) electrons. The molecule has 0 bridgehead atoms. The minimum Gasteiger partial charge on any atom is -0.397 e. The van der Waals surface area contributed by atoms with Gasteiger partial charge < -0.3 is 11.1 Å². The van der Waals surface area contributed by atoms with Gasteiger partial charge in [-0.3, -0.25) is 14.2 Å². The van der Waals surface area contributed by atoms with Gasteiger partial charge in [0.25, 0.3) is 0 Å². The highest BCUT2D eigenvalue weighted by atomic mass is 32.1. The third kappa shape index (κ3) is 2.75. The average Bonchev–Trinajstić information content (AvgIpc) is 2.70. The summed E-state index contributed by atoms with van der Waals surface area (Å²) in [6, 6.07) is 3.69. The molecule has 3 N–H and O–H groups in total. The van der Waals surface area contributed by atoms with Gasteiger partial charge in [-0.05, 0) is 18.2 Å². The van der Waals surface area contributed by atoms with Gasteiger partial charge in [-0.2, -0.15) is 0 Å². The number of benzene rings is 1. The number of nitrogens with one attached hydrogen (secondary N) is 1. The number of hydrogen-bond donors (Lipinski definition) is 2. The second-order valence-corrected chi connectivity index (χ2v) is 4.43. The third-order valence-electron chi connectivity index (χ3n) is 2.25. The first kappa shape index (κ1) is 12.3. The third-order valence-corrected chi connectivity index (χ3v) is 2.94. The summed E-state index contributed by atoms with van der Waals surface area (Å²) in [5, 5.41) is 4.05. The van der Waals surface area contributed by atoms with E-state index in [0.29, 0.717) is 0 Å². The fraction of sp³-hybridized carbons (Fsp3) is 0.0909. The molecule has 0 saturated carbocycles. The SMILES string of the molecule is Nc1ccc(F)cc1NC(=O)Cn1ccsc1=O. The lowest BCUT2D eigenvalue weighted by molar-refractivity contribution is -0.116. The highest BCUT2D eigenvalue weighted by Crippen LogP contribution is 2.18. The molecule has 1 amide bonds. The number of nitrogens with two attached hydrogens (primary N) is 1. The highest BCUT2D eigenvalue weighted by molar-refractivity contribution is 7.07. The Bertz CT molecular complexity index is 635. The molecule has 7 heteroatoms. The van der Waals surface area contributed by atoms with Crippen LogP contribution in [0.4, 0.5) is 15.8 Å². The van der Waals surface area contributed by atoms with Crippen molar-refractivity contribution in [2.45, 2.75) is 6.54 Å². The number of nitrogen functional groups attached to an aromatic ring is 1. The van der Waals surface area contributed by atoms with Crippen LogP contribution in [0.5, 0.6) is 0 Å². The van der Waals surface area contributed by atoms with Crippen molar-refractivity contribution in [2.24, 2.45) is 0 Å². The van der Waals surface area contributed by atoms with E-state index >= 15 is 0 Å². The number of aromatic nitrogens is 1. The molecule has 94 valence electrons. The summed E-state index contributed by atoms with van der Waals surface area (Å²) in [6.45, 7) is -0.127. The van der Waals surface area contributed by atoms with Crippen molar-refractivity contribution in [2.75, 3.05) is 11.1 Å². The van der Waals surface area contributed by atoms with Crippen molar-refractivity contribution in [3.63, 3.8) is 0 Å². The lowest BCUT2D eigenvalue weighted by Gasteiger charge is -2.08. The Morgan fingerprint density at radius 1 is 1.50 bits per heavy atom. The summed E-state index contributed by atoms with van der Waals surface area (Å²) in [7, 11) is 0. The fourth-order valence-corrected chi connectivity index (χ4v) is 1.97. The Morgan fingerprint density at radius 3 is 2.94 bits per heavy atom. The van der Waals surface area contributed by atoms with E-state index in [1.54, 1.807) is 5.38 Å². The maximum absolute atomic E-state index is 13.0. The van der Waals surface area contributed by atoms with Gasteiger partial charge >= 0.3 is 4.87 Å². The normalized spacial score (nSPS) is 10.3. The molecule has 18 heavy (non-hydrogen) atoms. The summed E-state index contributed by atoms with van der Waals surface area (Å²) in [6.07, 6.45) is 1.52. The lowest BCUT2D eigenvalue weighted by atomic mass is 10.2. The van der Waals surface area contributed by atoms with Gasteiger partial charge in [0.2, 0.25) is 5.91 Å². The number of carbonyl (C=O) groups is 1. The Hall–Kier alpha value is -2.15. The molecular formula is C11H10FN3O2S. The molecule has 0 unspecified atom stereocenters. The minimum atomic E-state index is -0.493. The second kappa shape index (κ2) is 5.01. The van der Waals surface area contributed by atoms with Crippen LogP contribution in [-0.2, 0) is 11.3 Å². The monoisotopic (exact) mass is 267 g/mol. The molecule has 1 aromatic carbocycles. The number of carbonyl (C=O) groups excluding carboxylic acids is 1. The second-order valence-electron chi connectivity index (χ2n) is 3.58. The quantitative estimate of drug-likeness (QED) is 0.822. The van der Waals surface area contributed by atoms with Crippen molar-refractivity contribution in [1.29, 1.82) is 0 Å². The molecule has 2 rings (SSSR count). The summed E-state index contributed by atoms with van der Waals surface area (Å²) >= 11 is 1.00. The summed E-state index contributed by atoms with van der Waals surface area (Å²) in [5.74, 6) is -0.931. The topological polar surface area (TPSA) is 77.1 Å². The largest absolute Gasteiger partial charge is 0.397 e. The number of halogens is 1. The first-order chi connectivity index (χ1) is 8.56. The van der Waals surface area contributed by atoms with E-state index in [1.807, 2.05) is 0 Å². The van der Waals surface area contributed by atoms with Gasteiger partial charge in [0.1, 0.15) is 12.4 Å². The molecule has 0 aliphatic heterocycles. The summed E-state index contributed by atoms with van der Waals surface area (Å²) in [5.41, 5.74) is 6.06. The fourth-order valence-electron chi connectivity index (χ4n) is 1.39. The van der Waals surface area contributed by atoms with E-state index in [1.165, 1.54) is 22.9 Å². The van der Waals surface area contributed by atoms with E-state index in [9.17, 15) is 14.0 Å². The molecule has 0 fully saturated rings. The van der Waals surface area contributed by atoms with E-state index in [2.05, 4.69) is 5.32 Å². The van der Waals surface area contributed by atoms with E-state index in [0.717, 1.165) is 17.4 Å². The molecule has 0 aliphatic rings. The van der Waals surface area contributed by atoms with Crippen LogP contribution >= 0.6 is 11.3 Å². The van der Waals surface area contributed by atoms with Gasteiger partial charge in [0, 0.05) is 11.6 Å². The molecular weight excluding hydrogens is 257 g/mol. The molecule has 2 aromatic rings. The zero-order valence-corrected chi connectivity index (χ0v) is 10.0. The molecule has 0 saturated heterocycles. The van der Waals surface area contributed by atoms with E-state index in [-0.39, 0.29) is 22.8 Å². The van der Waals surface area contributed by atoms with Crippen molar-refractivity contribution in [1.82, 2.24) is 4.57 Å². The summed E-state index contributed by atoms with van der Waals surface area (Å²) < 4.78 is 14.2. The Morgan fingerprint density at radius 2 is 2.28 bits per heavy atom. The van der Waals surface area contributed by atoms with Crippen LogP contribution in [-0.4, -0.2) is 10.5 Å². The molecule has 5 nitrogen and oxygen atoms in total. The van der Waals surface area contributed by atoms with Gasteiger partial charge in [-0.1, -0.05) is 11.3 Å². The van der Waals surface area contributed by atoms with E-state index in [4.69, 9.17) is 5.73 Å². The smallest absolute Gasteiger partial charge is 0.307 e. The minimum absolute atomic E-state index is 0.127. The van der Waals surface area contributed by atoms with Crippen LogP contribution in [0, 0.1) is 5.82 Å². The van der Waals surface area contributed by atoms with Gasteiger partial charge in [0.15, 0.2) is 0 Å². The van der Waals surface area contributed by atoms with Crippen molar-refractivity contribution in [3.8, 4) is 0 Å². The molecule has 1 heterocycles. The molecule has 0 spiro atoms. The zero-order valence-electron chi connectivity index (χ0n) is 9.22. The molecule has 0 atom stereocenters. The average molecular weight is 267 g/mol. The van der Waals surface area contributed by atoms with Crippen LogP contribution in [0.15, 0.2) is 34.6 Å². The number of thiazole rings is 1. The first-order valence-electron chi connectivity index (χ1n) is 5.05. The number of amides is 1. The van der Waals surface area contributed by atoms with Crippen LogP contribution in [0.1, 0.15) is 0 Å². The van der Waals surface area contributed by atoms with Gasteiger partial charge in [0.05, 0.1) is 11.4 Å².